The van der Waals surface area contributed by atoms with Crippen molar-refractivity contribution in [3.63, 3.8) is 0 Å². The molecule has 0 saturated carbocycles. The number of hydrogen-bond acceptors (Lipinski definition) is 3. The molecule has 0 atom stereocenters. The van der Waals surface area contributed by atoms with Crippen LogP contribution in [0.1, 0.15) is 5.56 Å². The smallest absolute Gasteiger partial charge is 0.0594 e. The third-order valence-corrected chi connectivity index (χ3v) is 4.90. The Kier molecular flexibility index (Phi) is 6.11. The van der Waals surface area contributed by atoms with Crippen LogP contribution < -0.4 is 5.32 Å². The van der Waals surface area contributed by atoms with Crippen LogP contribution in [-0.4, -0.2) is 44.3 Å². The minimum absolute atomic E-state index is 0.875. The Hall–Kier alpha value is 0.0600. The third-order valence-electron chi connectivity index (χ3n) is 3.02. The monoisotopic (exact) mass is 376 g/mol. The number of rotatable bonds is 5. The molecule has 1 N–H and O–H groups in total. The molecule has 5 heteroatoms. The van der Waals surface area contributed by atoms with Gasteiger partial charge in [-0.2, -0.15) is 0 Å². The Balaban J connectivity index is 1.66. The molecule has 0 aliphatic carbocycles. The minimum atomic E-state index is 0.875. The van der Waals surface area contributed by atoms with Gasteiger partial charge in [0.05, 0.1) is 13.2 Å². The summed E-state index contributed by atoms with van der Waals surface area (Å²) in [5, 5.41) is 3.48. The van der Waals surface area contributed by atoms with Crippen molar-refractivity contribution in [3.8, 4) is 0 Å². The maximum Gasteiger partial charge on any atom is 0.0594 e. The van der Waals surface area contributed by atoms with E-state index in [1.807, 2.05) is 0 Å². The molecule has 100 valence electrons. The molecule has 1 heterocycles. The highest BCUT2D eigenvalue weighted by Crippen LogP contribution is 2.23. The standard InChI is InChI=1S/C13H18Br2N2O/c14-12-2-1-11(9-13(12)15)10-16-3-4-17-5-7-18-8-6-17/h1-2,9,16H,3-8,10H2. The molecule has 0 radical (unpaired) electrons. The van der Waals surface area contributed by atoms with Gasteiger partial charge in [-0.15, -0.1) is 0 Å². The van der Waals surface area contributed by atoms with Gasteiger partial charge >= 0.3 is 0 Å². The lowest BCUT2D eigenvalue weighted by Gasteiger charge is -2.26. The van der Waals surface area contributed by atoms with E-state index in [4.69, 9.17) is 4.74 Å². The zero-order valence-electron chi connectivity index (χ0n) is 10.3. The number of hydrogen-bond donors (Lipinski definition) is 1. The quantitative estimate of drug-likeness (QED) is 0.798. The highest BCUT2D eigenvalue weighted by Gasteiger charge is 2.08. The lowest BCUT2D eigenvalue weighted by atomic mass is 10.2. The number of morpholine rings is 1. The van der Waals surface area contributed by atoms with Crippen LogP contribution in [0.2, 0.25) is 0 Å². The number of benzene rings is 1. The van der Waals surface area contributed by atoms with E-state index < -0.39 is 0 Å². The average Bonchev–Trinajstić information content (AvgIpc) is 2.40. The fraction of sp³-hybridized carbons (Fsp3) is 0.538. The second-order valence-corrected chi connectivity index (χ2v) is 6.09. The van der Waals surface area contributed by atoms with Gasteiger partial charge in [-0.1, -0.05) is 6.07 Å². The first-order chi connectivity index (χ1) is 8.75. The van der Waals surface area contributed by atoms with Gasteiger partial charge in [0.15, 0.2) is 0 Å². The lowest BCUT2D eigenvalue weighted by Crippen LogP contribution is -2.40. The van der Waals surface area contributed by atoms with Crippen LogP contribution in [-0.2, 0) is 11.3 Å². The van der Waals surface area contributed by atoms with Crippen molar-refractivity contribution in [1.29, 1.82) is 0 Å². The molecule has 1 fully saturated rings. The van der Waals surface area contributed by atoms with Crippen molar-refractivity contribution in [3.05, 3.63) is 32.7 Å². The van der Waals surface area contributed by atoms with Crippen LogP contribution in [0.3, 0.4) is 0 Å². The van der Waals surface area contributed by atoms with Crippen molar-refractivity contribution in [2.75, 3.05) is 39.4 Å². The molecule has 2 rings (SSSR count). The second kappa shape index (κ2) is 7.60. The van der Waals surface area contributed by atoms with E-state index in [1.54, 1.807) is 0 Å². The normalized spacial score (nSPS) is 17.0. The van der Waals surface area contributed by atoms with Crippen LogP contribution >= 0.6 is 31.9 Å². The van der Waals surface area contributed by atoms with Crippen molar-refractivity contribution in [2.45, 2.75) is 6.54 Å². The van der Waals surface area contributed by atoms with E-state index in [1.165, 1.54) is 5.56 Å². The van der Waals surface area contributed by atoms with Gasteiger partial charge in [-0.25, -0.2) is 0 Å². The van der Waals surface area contributed by atoms with Crippen molar-refractivity contribution in [2.24, 2.45) is 0 Å². The Bertz CT molecular complexity index is 381. The Morgan fingerprint density at radius 3 is 2.67 bits per heavy atom. The first-order valence-corrected chi connectivity index (χ1v) is 7.79. The van der Waals surface area contributed by atoms with E-state index in [2.05, 4.69) is 60.3 Å². The van der Waals surface area contributed by atoms with Crippen molar-refractivity contribution < 1.29 is 4.74 Å². The first kappa shape index (κ1) is 14.5. The predicted molar refractivity (Wildman–Crippen MR) is 80.8 cm³/mol. The summed E-state index contributed by atoms with van der Waals surface area (Å²) in [6.07, 6.45) is 0. The first-order valence-electron chi connectivity index (χ1n) is 6.20. The van der Waals surface area contributed by atoms with Gasteiger partial charge in [-0.3, -0.25) is 4.90 Å². The molecule has 1 aliphatic rings. The van der Waals surface area contributed by atoms with Gasteiger partial charge in [0, 0.05) is 41.7 Å². The fourth-order valence-electron chi connectivity index (χ4n) is 1.94. The Morgan fingerprint density at radius 2 is 1.94 bits per heavy atom. The molecule has 0 aromatic heterocycles. The number of halogens is 2. The van der Waals surface area contributed by atoms with Gasteiger partial charge in [0.1, 0.15) is 0 Å². The molecule has 0 amide bonds. The van der Waals surface area contributed by atoms with E-state index in [0.29, 0.717) is 0 Å². The van der Waals surface area contributed by atoms with Crippen LogP contribution in [0.5, 0.6) is 0 Å². The highest BCUT2D eigenvalue weighted by atomic mass is 79.9. The molecule has 3 nitrogen and oxygen atoms in total. The molecule has 1 aromatic rings. The summed E-state index contributed by atoms with van der Waals surface area (Å²) in [6, 6.07) is 6.35. The summed E-state index contributed by atoms with van der Waals surface area (Å²) in [4.78, 5) is 2.44. The third kappa shape index (κ3) is 4.63. The molecule has 1 aliphatic heterocycles. The topological polar surface area (TPSA) is 24.5 Å². The number of ether oxygens (including phenoxy) is 1. The molecule has 0 bridgehead atoms. The average molecular weight is 378 g/mol. The van der Waals surface area contributed by atoms with Gasteiger partial charge in [0.2, 0.25) is 0 Å². The van der Waals surface area contributed by atoms with E-state index in [0.717, 1.165) is 54.9 Å². The van der Waals surface area contributed by atoms with E-state index >= 15 is 0 Å². The van der Waals surface area contributed by atoms with Crippen molar-refractivity contribution >= 4 is 31.9 Å². The van der Waals surface area contributed by atoms with Gasteiger partial charge < -0.3 is 10.1 Å². The largest absolute Gasteiger partial charge is 0.379 e. The molecule has 0 unspecified atom stereocenters. The van der Waals surface area contributed by atoms with Crippen LogP contribution in [0.25, 0.3) is 0 Å². The van der Waals surface area contributed by atoms with Crippen LogP contribution in [0.4, 0.5) is 0 Å². The molecule has 0 spiro atoms. The summed E-state index contributed by atoms with van der Waals surface area (Å²) >= 11 is 7.00. The maximum atomic E-state index is 5.33. The Labute approximate surface area is 125 Å². The minimum Gasteiger partial charge on any atom is -0.379 e. The second-order valence-electron chi connectivity index (χ2n) is 4.38. The SMILES string of the molecule is Brc1ccc(CNCCN2CCOCC2)cc1Br. The van der Waals surface area contributed by atoms with Crippen molar-refractivity contribution in [1.82, 2.24) is 10.2 Å². The van der Waals surface area contributed by atoms with Crippen LogP contribution in [0.15, 0.2) is 27.1 Å². The zero-order chi connectivity index (χ0) is 12.8. The van der Waals surface area contributed by atoms with Gasteiger partial charge in [-0.05, 0) is 49.6 Å². The molecule has 1 saturated heterocycles. The molecule has 1 aromatic carbocycles. The highest BCUT2D eigenvalue weighted by molar-refractivity contribution is 9.13. The lowest BCUT2D eigenvalue weighted by molar-refractivity contribution is 0.0384. The van der Waals surface area contributed by atoms with Crippen LogP contribution in [0, 0.1) is 0 Å². The number of nitrogens with one attached hydrogen (secondary N) is 1. The number of nitrogens with zero attached hydrogens (tertiary/aromatic N) is 1. The summed E-state index contributed by atoms with van der Waals surface area (Å²) in [7, 11) is 0. The summed E-state index contributed by atoms with van der Waals surface area (Å²) in [6.45, 7) is 6.90. The summed E-state index contributed by atoms with van der Waals surface area (Å²) < 4.78 is 7.53. The molecular formula is C13H18Br2N2O. The van der Waals surface area contributed by atoms with E-state index in [9.17, 15) is 0 Å². The summed E-state index contributed by atoms with van der Waals surface area (Å²) in [5.41, 5.74) is 1.30. The summed E-state index contributed by atoms with van der Waals surface area (Å²) in [5.74, 6) is 0. The zero-order valence-corrected chi connectivity index (χ0v) is 13.5. The van der Waals surface area contributed by atoms with E-state index in [-0.39, 0.29) is 0 Å². The van der Waals surface area contributed by atoms with Gasteiger partial charge in [0.25, 0.3) is 0 Å². The Morgan fingerprint density at radius 1 is 1.17 bits per heavy atom. The molecule has 18 heavy (non-hydrogen) atoms. The maximum absolute atomic E-state index is 5.33. The molecular weight excluding hydrogens is 360 g/mol. The fourth-order valence-corrected chi connectivity index (χ4v) is 2.62. The predicted octanol–water partition coefficient (Wildman–Crippen LogP) is 2.63.